The minimum absolute atomic E-state index is 0. The van der Waals surface area contributed by atoms with Crippen LogP contribution in [0.3, 0.4) is 0 Å². The first-order chi connectivity index (χ1) is 14.7. The fourth-order valence-corrected chi connectivity index (χ4v) is 3.68. The van der Waals surface area contributed by atoms with E-state index in [0.717, 1.165) is 22.3 Å². The van der Waals surface area contributed by atoms with Gasteiger partial charge >= 0.3 is 0 Å². The normalized spacial score (nSPS) is 12.3. The number of phenols is 2. The summed E-state index contributed by atoms with van der Waals surface area (Å²) in [5, 5.41) is 20.6. The molecule has 0 aliphatic heterocycles. The van der Waals surface area contributed by atoms with Crippen LogP contribution >= 0.6 is 0 Å². The van der Waals surface area contributed by atoms with Crippen LogP contribution in [0.1, 0.15) is 118 Å². The molecule has 0 aliphatic carbocycles. The molecular formula is C30H51BO2. The average Bonchev–Trinajstić information content (AvgIpc) is 2.62. The largest absolute Gasteiger partial charge is 0.507 e. The summed E-state index contributed by atoms with van der Waals surface area (Å²) in [4.78, 5) is 0. The van der Waals surface area contributed by atoms with E-state index in [1.165, 1.54) is 5.56 Å². The Hall–Kier alpha value is -1.90. The molecule has 33 heavy (non-hydrogen) atoms. The monoisotopic (exact) mass is 456 g/mol. The van der Waals surface area contributed by atoms with Crippen LogP contribution in [0, 0.1) is 6.92 Å². The summed E-state index contributed by atoms with van der Waals surface area (Å²) < 4.78 is 5.25. The van der Waals surface area contributed by atoms with Crippen molar-refractivity contribution in [3.05, 3.63) is 58.1 Å². The van der Waals surface area contributed by atoms with E-state index in [0.29, 0.717) is 11.5 Å². The third-order valence-electron chi connectivity index (χ3n) is 5.52. The van der Waals surface area contributed by atoms with Crippen LogP contribution in [0.5, 0.6) is 11.5 Å². The zero-order chi connectivity index (χ0) is 26.6. The van der Waals surface area contributed by atoms with Gasteiger partial charge in [0.2, 0.25) is 0 Å². The quantitative estimate of drug-likeness (QED) is 0.392. The standard InChI is InChI=1S/C15H24O.C14H22O.CH4.BH/c1-10-8-11(14(2,3)4)13(16)12(9-10)15(5,6)7;1-13(2,3)10-8-7-9-11(12(10)15)14(4,5)6;;/h8-9,16H,1-7H3;7-9,15H,1-6H3;1H4;1H/i;;;1T. The van der Waals surface area contributed by atoms with Crippen LogP contribution in [0.2, 0.25) is 0 Å². The third-order valence-corrected chi connectivity index (χ3v) is 5.52. The molecule has 0 amide bonds. The lowest BCUT2D eigenvalue weighted by Gasteiger charge is -2.27. The summed E-state index contributed by atoms with van der Waals surface area (Å²) in [6.07, 6.45) is 0. The molecule has 186 valence electrons. The second-order valence-corrected chi connectivity index (χ2v) is 12.9. The van der Waals surface area contributed by atoms with E-state index in [1.54, 1.807) is 0 Å². The van der Waals surface area contributed by atoms with Gasteiger partial charge in [0, 0.05) is 8.38 Å². The molecule has 2 aromatic rings. The molecule has 2 nitrogen and oxygen atoms in total. The third kappa shape index (κ3) is 8.76. The summed E-state index contributed by atoms with van der Waals surface area (Å²) in [6, 6.07) is 10.2. The maximum atomic E-state index is 10.4. The fourth-order valence-electron chi connectivity index (χ4n) is 3.68. The highest BCUT2D eigenvalue weighted by Crippen LogP contribution is 2.40. The SMILES string of the molecule is C.CC(C)(C)c1cccc(C(C)(C)C)c1O.Cc1cc(C(C)(C)C)c(O)c(C(C)(C)C)c1.[3H][B]. The number of para-hydroxylation sites is 1. The van der Waals surface area contributed by atoms with E-state index in [-0.39, 0.29) is 29.1 Å². The number of hydrogen-bond acceptors (Lipinski definition) is 2. The molecule has 2 aromatic carbocycles. The van der Waals surface area contributed by atoms with Crippen molar-refractivity contribution < 1.29 is 10.2 Å². The molecule has 0 bridgehead atoms. The van der Waals surface area contributed by atoms with Crippen molar-refractivity contribution in [3.8, 4) is 11.5 Å². The van der Waals surface area contributed by atoms with Gasteiger partial charge < -0.3 is 10.2 Å². The Morgan fingerprint density at radius 2 is 0.818 bits per heavy atom. The molecule has 0 aromatic heterocycles. The lowest BCUT2D eigenvalue weighted by atomic mass is 9.78. The van der Waals surface area contributed by atoms with Gasteiger partial charge in [0.15, 0.2) is 0 Å². The van der Waals surface area contributed by atoms with Crippen molar-refractivity contribution in [2.75, 3.05) is 0 Å². The van der Waals surface area contributed by atoms with Crippen LogP contribution < -0.4 is 0 Å². The highest BCUT2D eigenvalue weighted by atomic mass is 16.3. The molecule has 0 atom stereocenters. The van der Waals surface area contributed by atoms with Crippen molar-refractivity contribution in [1.82, 2.24) is 0 Å². The molecule has 0 unspecified atom stereocenters. The Morgan fingerprint density at radius 1 is 0.576 bits per heavy atom. The molecule has 0 fully saturated rings. The molecular weight excluding hydrogens is 403 g/mol. The maximum absolute atomic E-state index is 10.4. The highest BCUT2D eigenvalue weighted by molar-refractivity contribution is 5.75. The van der Waals surface area contributed by atoms with Gasteiger partial charge in [0.05, 0.1) is 0 Å². The Kier molecular flexibility index (Phi) is 10.4. The predicted octanol–water partition coefficient (Wildman–Crippen LogP) is 8.27. The second-order valence-electron chi connectivity index (χ2n) is 12.9. The Morgan fingerprint density at radius 3 is 1.06 bits per heavy atom. The van der Waals surface area contributed by atoms with Crippen LogP contribution in [0.4, 0.5) is 0 Å². The Balaban J connectivity index is 0. The van der Waals surface area contributed by atoms with E-state index in [2.05, 4.69) is 111 Å². The molecule has 0 saturated heterocycles. The van der Waals surface area contributed by atoms with Gasteiger partial charge in [0.1, 0.15) is 11.5 Å². The zero-order valence-electron chi connectivity index (χ0n) is 23.9. The van der Waals surface area contributed by atoms with E-state index >= 15 is 0 Å². The van der Waals surface area contributed by atoms with E-state index in [1.807, 2.05) is 18.2 Å². The number of benzene rings is 2. The average molecular weight is 457 g/mol. The molecule has 0 saturated carbocycles. The van der Waals surface area contributed by atoms with Crippen LogP contribution in [0.15, 0.2) is 30.3 Å². The summed E-state index contributed by atoms with van der Waals surface area (Å²) in [7, 11) is 3.75. The van der Waals surface area contributed by atoms with E-state index in [4.69, 9.17) is 1.34 Å². The first-order valence-corrected chi connectivity index (χ1v) is 11.3. The summed E-state index contributed by atoms with van der Waals surface area (Å²) in [5.41, 5.74) is 5.29. The smallest absolute Gasteiger partial charge is 0.123 e. The minimum atomic E-state index is -0.0178. The lowest BCUT2D eigenvalue weighted by Crippen LogP contribution is -2.17. The molecule has 0 aliphatic rings. The van der Waals surface area contributed by atoms with E-state index in [9.17, 15) is 10.2 Å². The van der Waals surface area contributed by atoms with Crippen LogP contribution in [-0.2, 0) is 21.7 Å². The van der Waals surface area contributed by atoms with Crippen LogP contribution in [0.25, 0.3) is 0 Å². The maximum Gasteiger partial charge on any atom is 0.123 e. The Bertz CT molecular complexity index is 838. The van der Waals surface area contributed by atoms with Gasteiger partial charge in [-0.25, -0.2) is 0 Å². The molecule has 0 heterocycles. The van der Waals surface area contributed by atoms with E-state index < -0.39 is 0 Å². The lowest BCUT2D eigenvalue weighted by molar-refractivity contribution is 0.422. The van der Waals surface area contributed by atoms with Crippen molar-refractivity contribution in [2.45, 2.75) is 119 Å². The zero-order valence-corrected chi connectivity index (χ0v) is 22.9. The highest BCUT2D eigenvalue weighted by Gasteiger charge is 2.26. The van der Waals surface area contributed by atoms with Crippen molar-refractivity contribution in [2.24, 2.45) is 0 Å². The second kappa shape index (κ2) is 11.0. The molecule has 2 radical (unpaired) electrons. The number of aromatic hydroxyl groups is 2. The fraction of sp³-hybridized carbons (Fsp3) is 0.600. The predicted molar refractivity (Wildman–Crippen MR) is 150 cm³/mol. The van der Waals surface area contributed by atoms with Crippen molar-refractivity contribution >= 4 is 8.38 Å². The number of aryl methyl sites for hydroxylation is 1. The molecule has 2 rings (SSSR count). The molecule has 0 spiro atoms. The summed E-state index contributed by atoms with van der Waals surface area (Å²) in [5.74, 6) is 0.920. The van der Waals surface area contributed by atoms with Gasteiger partial charge in [0.25, 0.3) is 0 Å². The first-order valence-electron chi connectivity index (χ1n) is 11.9. The van der Waals surface area contributed by atoms with Crippen LogP contribution in [-0.4, -0.2) is 19.9 Å². The van der Waals surface area contributed by atoms with Gasteiger partial charge in [-0.3, -0.25) is 0 Å². The first kappa shape index (κ1) is 31.1. The number of rotatable bonds is 0. The van der Waals surface area contributed by atoms with Gasteiger partial charge in [-0.05, 0) is 52.2 Å². The van der Waals surface area contributed by atoms with Gasteiger partial charge in [-0.2, -0.15) is 0 Å². The number of phenolic OH excluding ortho intramolecular Hbond substituents is 2. The molecule has 3 heteroatoms. The summed E-state index contributed by atoms with van der Waals surface area (Å²) in [6.45, 7) is 27.6. The van der Waals surface area contributed by atoms with Crippen molar-refractivity contribution in [1.29, 1.82) is 1.34 Å². The van der Waals surface area contributed by atoms with Gasteiger partial charge in [-0.15, -0.1) is 0 Å². The molecule has 2 N–H and O–H groups in total. The summed E-state index contributed by atoms with van der Waals surface area (Å²) >= 11 is 0. The topological polar surface area (TPSA) is 40.5 Å². The Labute approximate surface area is 208 Å². The minimum Gasteiger partial charge on any atom is -0.507 e. The number of hydrogen-bond donors (Lipinski definition) is 2. The van der Waals surface area contributed by atoms with Crippen molar-refractivity contribution in [3.63, 3.8) is 0 Å². The van der Waals surface area contributed by atoms with Gasteiger partial charge in [-0.1, -0.05) is 126 Å².